The SMILES string of the molecule is CC(C)c1cc(C#N)cc2nc(-c3ccc(C(=O)NC[C@]4(C)CN(c5ccc(-c6ccccc6OC(F)(F)F)cn5)C(=O)O4)cc3)oc12. The van der Waals surface area contributed by atoms with Crippen molar-refractivity contribution in [3.8, 4) is 34.4 Å². The molecule has 2 aromatic heterocycles. The third-order valence-electron chi connectivity index (χ3n) is 7.78. The van der Waals surface area contributed by atoms with Gasteiger partial charge >= 0.3 is 12.5 Å². The molecule has 1 atom stereocenters. The summed E-state index contributed by atoms with van der Waals surface area (Å²) in [5, 5.41) is 12.2. The summed E-state index contributed by atoms with van der Waals surface area (Å²) >= 11 is 0. The Kier molecular flexibility index (Phi) is 8.26. The smallest absolute Gasteiger partial charge is 0.439 e. The van der Waals surface area contributed by atoms with E-state index in [9.17, 15) is 28.0 Å². The highest BCUT2D eigenvalue weighted by Crippen LogP contribution is 2.35. The van der Waals surface area contributed by atoms with Crippen LogP contribution in [0.2, 0.25) is 0 Å². The standard InChI is InChI=1S/C35H28F3N5O5/c1-20(2)26-14-21(16-39)15-27-30(26)46-32(42-27)23-10-8-22(9-11-23)31(44)41-18-34(3)19-43(33(45)48-34)29-13-12-24(17-40-29)25-6-4-5-7-28(25)47-35(36,37)38/h4-15,17,20H,18-19H2,1-3H3,(H,41,44)/t34-/m1/s1. The van der Waals surface area contributed by atoms with E-state index in [-0.39, 0.29) is 36.1 Å². The summed E-state index contributed by atoms with van der Waals surface area (Å²) in [5.74, 6) is -0.0552. The van der Waals surface area contributed by atoms with Crippen molar-refractivity contribution in [2.75, 3.05) is 18.0 Å². The second-order valence-corrected chi connectivity index (χ2v) is 11.8. The van der Waals surface area contributed by atoms with Crippen molar-refractivity contribution in [2.45, 2.75) is 38.7 Å². The first-order valence-electron chi connectivity index (χ1n) is 14.9. The number of fused-ring (bicyclic) bond motifs is 1. The van der Waals surface area contributed by atoms with Crippen LogP contribution in [0.4, 0.5) is 23.8 Å². The Morgan fingerprint density at radius 1 is 1.10 bits per heavy atom. The minimum absolute atomic E-state index is 0.000396. The Labute approximate surface area is 272 Å². The molecular weight excluding hydrogens is 627 g/mol. The third-order valence-corrected chi connectivity index (χ3v) is 7.78. The van der Waals surface area contributed by atoms with Crippen LogP contribution in [0.5, 0.6) is 5.75 Å². The number of carbonyl (C=O) groups is 2. The lowest BCUT2D eigenvalue weighted by molar-refractivity contribution is -0.274. The van der Waals surface area contributed by atoms with Crippen LogP contribution in [-0.2, 0) is 4.74 Å². The quantitative estimate of drug-likeness (QED) is 0.181. The van der Waals surface area contributed by atoms with Crippen LogP contribution in [0.25, 0.3) is 33.7 Å². The van der Waals surface area contributed by atoms with E-state index in [1.54, 1.807) is 49.4 Å². The maximum atomic E-state index is 13.0. The number of pyridine rings is 1. The maximum absolute atomic E-state index is 13.0. The van der Waals surface area contributed by atoms with Crippen LogP contribution in [-0.4, -0.2) is 47.0 Å². The summed E-state index contributed by atoms with van der Waals surface area (Å²) in [6, 6.07) is 21.0. The number of nitrogens with one attached hydrogen (secondary N) is 1. The molecule has 6 rings (SSSR count). The minimum Gasteiger partial charge on any atom is -0.439 e. The molecule has 5 aromatic rings. The van der Waals surface area contributed by atoms with Crippen LogP contribution in [0.1, 0.15) is 48.2 Å². The topological polar surface area (TPSA) is 131 Å². The summed E-state index contributed by atoms with van der Waals surface area (Å²) < 4.78 is 54.4. The molecule has 0 saturated carbocycles. The third kappa shape index (κ3) is 6.64. The molecule has 1 saturated heterocycles. The number of hydrogen-bond donors (Lipinski definition) is 1. The van der Waals surface area contributed by atoms with Crippen molar-refractivity contribution in [1.29, 1.82) is 5.26 Å². The molecule has 1 fully saturated rings. The lowest BCUT2D eigenvalue weighted by atomic mass is 10.00. The van der Waals surface area contributed by atoms with E-state index in [1.165, 1.54) is 41.4 Å². The maximum Gasteiger partial charge on any atom is 0.573 e. The van der Waals surface area contributed by atoms with Gasteiger partial charge in [-0.25, -0.2) is 14.8 Å². The van der Waals surface area contributed by atoms with Crippen molar-refractivity contribution >= 4 is 28.9 Å². The van der Waals surface area contributed by atoms with Crippen LogP contribution in [0.15, 0.2) is 83.4 Å². The van der Waals surface area contributed by atoms with Gasteiger partial charge in [-0.15, -0.1) is 13.2 Å². The number of cyclic esters (lactones) is 1. The van der Waals surface area contributed by atoms with Gasteiger partial charge in [0.15, 0.2) is 5.58 Å². The van der Waals surface area contributed by atoms with Gasteiger partial charge in [-0.2, -0.15) is 5.26 Å². The molecule has 3 heterocycles. The number of oxazole rings is 1. The van der Waals surface area contributed by atoms with E-state index in [2.05, 4.69) is 26.1 Å². The number of alkyl halides is 3. The highest BCUT2D eigenvalue weighted by Gasteiger charge is 2.43. The van der Waals surface area contributed by atoms with Gasteiger partial charge in [0.2, 0.25) is 5.89 Å². The summed E-state index contributed by atoms with van der Waals surface area (Å²) in [4.78, 5) is 35.9. The Balaban J connectivity index is 1.10. The zero-order valence-corrected chi connectivity index (χ0v) is 26.0. The van der Waals surface area contributed by atoms with E-state index in [4.69, 9.17) is 9.15 Å². The number of nitriles is 1. The molecule has 10 nitrogen and oxygen atoms in total. The molecule has 1 aliphatic heterocycles. The largest absolute Gasteiger partial charge is 0.573 e. The molecule has 48 heavy (non-hydrogen) atoms. The van der Waals surface area contributed by atoms with Gasteiger partial charge in [0, 0.05) is 34.0 Å². The molecule has 0 bridgehead atoms. The Hall–Kier alpha value is -5.90. The fourth-order valence-corrected chi connectivity index (χ4v) is 5.40. The Bertz CT molecular complexity index is 2050. The zero-order chi connectivity index (χ0) is 34.2. The van der Waals surface area contributed by atoms with Crippen LogP contribution in [0, 0.1) is 11.3 Å². The number of benzene rings is 3. The summed E-state index contributed by atoms with van der Waals surface area (Å²) in [6.45, 7) is 5.75. The molecule has 13 heteroatoms. The second-order valence-electron chi connectivity index (χ2n) is 11.8. The highest BCUT2D eigenvalue weighted by molar-refractivity contribution is 5.95. The normalized spacial score (nSPS) is 16.2. The monoisotopic (exact) mass is 655 g/mol. The van der Waals surface area contributed by atoms with Crippen molar-refractivity contribution < 1.29 is 36.7 Å². The van der Waals surface area contributed by atoms with E-state index in [0.717, 1.165) is 5.56 Å². The average Bonchev–Trinajstić information content (AvgIpc) is 3.63. The van der Waals surface area contributed by atoms with E-state index >= 15 is 0 Å². The van der Waals surface area contributed by atoms with E-state index in [1.807, 2.05) is 13.8 Å². The number of anilines is 1. The van der Waals surface area contributed by atoms with Crippen molar-refractivity contribution in [2.24, 2.45) is 0 Å². The van der Waals surface area contributed by atoms with Crippen molar-refractivity contribution in [3.63, 3.8) is 0 Å². The predicted octanol–water partition coefficient (Wildman–Crippen LogP) is 7.60. The van der Waals surface area contributed by atoms with Crippen LogP contribution in [0.3, 0.4) is 0 Å². The molecule has 0 spiro atoms. The number of rotatable bonds is 8. The van der Waals surface area contributed by atoms with Gasteiger partial charge in [0.25, 0.3) is 5.91 Å². The number of aromatic nitrogens is 2. The van der Waals surface area contributed by atoms with Gasteiger partial charge in [0.05, 0.1) is 24.7 Å². The first-order chi connectivity index (χ1) is 22.8. The van der Waals surface area contributed by atoms with Gasteiger partial charge in [-0.05, 0) is 67.4 Å². The first-order valence-corrected chi connectivity index (χ1v) is 14.9. The van der Waals surface area contributed by atoms with Crippen molar-refractivity contribution in [1.82, 2.24) is 15.3 Å². The van der Waals surface area contributed by atoms with Crippen LogP contribution >= 0.6 is 0 Å². The predicted molar refractivity (Wildman–Crippen MR) is 169 cm³/mol. The Morgan fingerprint density at radius 3 is 2.50 bits per heavy atom. The molecule has 0 radical (unpaired) electrons. The number of halogens is 3. The minimum atomic E-state index is -4.86. The van der Waals surface area contributed by atoms with Gasteiger partial charge in [-0.3, -0.25) is 9.69 Å². The molecular formula is C35H28F3N5O5. The van der Waals surface area contributed by atoms with E-state index in [0.29, 0.717) is 39.2 Å². The van der Waals surface area contributed by atoms with Crippen LogP contribution < -0.4 is 15.0 Å². The van der Waals surface area contributed by atoms with E-state index < -0.39 is 24.0 Å². The second kappa shape index (κ2) is 12.4. The fraction of sp³-hybridized carbons (Fsp3) is 0.229. The first kappa shape index (κ1) is 32.1. The number of ether oxygens (including phenoxy) is 2. The van der Waals surface area contributed by atoms with Gasteiger partial charge < -0.3 is 19.2 Å². The zero-order valence-electron chi connectivity index (χ0n) is 26.0. The molecule has 1 aliphatic rings. The number of carbonyl (C=O) groups excluding carboxylic acids is 2. The number of nitrogens with zero attached hydrogens (tertiary/aromatic N) is 4. The molecule has 3 aromatic carbocycles. The molecule has 2 amide bonds. The van der Waals surface area contributed by atoms with Gasteiger partial charge in [0.1, 0.15) is 22.7 Å². The fourth-order valence-electron chi connectivity index (χ4n) is 5.40. The number of amides is 2. The summed E-state index contributed by atoms with van der Waals surface area (Å²) in [7, 11) is 0. The van der Waals surface area contributed by atoms with Crippen molar-refractivity contribution in [3.05, 3.63) is 95.7 Å². The lowest BCUT2D eigenvalue weighted by Gasteiger charge is -2.22. The summed E-state index contributed by atoms with van der Waals surface area (Å²) in [6.07, 6.45) is -4.20. The Morgan fingerprint density at radius 2 is 1.83 bits per heavy atom. The molecule has 0 unspecified atom stereocenters. The lowest BCUT2D eigenvalue weighted by Crippen LogP contribution is -2.43. The average molecular weight is 656 g/mol. The van der Waals surface area contributed by atoms with Gasteiger partial charge in [-0.1, -0.05) is 32.0 Å². The number of hydrogen-bond acceptors (Lipinski definition) is 8. The molecule has 244 valence electrons. The summed E-state index contributed by atoms with van der Waals surface area (Å²) in [5.41, 5.74) is 3.03. The molecule has 0 aliphatic carbocycles. The molecule has 1 N–H and O–H groups in total. The highest BCUT2D eigenvalue weighted by atomic mass is 19.4. The number of para-hydroxylation sites is 1.